The summed E-state index contributed by atoms with van der Waals surface area (Å²) in [5.41, 5.74) is 0. The van der Waals surface area contributed by atoms with Crippen molar-refractivity contribution in [3.05, 3.63) is 12.4 Å². The van der Waals surface area contributed by atoms with E-state index in [0.29, 0.717) is 5.92 Å². The van der Waals surface area contributed by atoms with Crippen LogP contribution in [0.4, 0.5) is 11.6 Å². The van der Waals surface area contributed by atoms with Crippen LogP contribution in [0.1, 0.15) is 12.8 Å². The molecule has 1 atom stereocenters. The molecule has 0 saturated carbocycles. The van der Waals surface area contributed by atoms with Crippen molar-refractivity contribution in [1.82, 2.24) is 9.97 Å². The molecule has 0 radical (unpaired) electrons. The van der Waals surface area contributed by atoms with Crippen LogP contribution >= 0.6 is 0 Å². The molecule has 0 aliphatic carbocycles. The van der Waals surface area contributed by atoms with E-state index in [-0.39, 0.29) is 6.61 Å². The number of hydrogen-bond acceptors (Lipinski definition) is 5. The number of aromatic nitrogens is 2. The monoisotopic (exact) mass is 222 g/mol. The smallest absolute Gasteiger partial charge is 0.149 e. The minimum atomic E-state index is 0.279. The first-order valence-electron chi connectivity index (χ1n) is 5.69. The van der Waals surface area contributed by atoms with E-state index in [0.717, 1.165) is 37.6 Å². The molecule has 1 unspecified atom stereocenters. The SMILES string of the molecule is CNc1cncc(N2CCC(CCO)C2)n1. The van der Waals surface area contributed by atoms with E-state index < -0.39 is 0 Å². The van der Waals surface area contributed by atoms with Crippen LogP contribution in [-0.4, -0.2) is 41.8 Å². The van der Waals surface area contributed by atoms with Gasteiger partial charge in [0.15, 0.2) is 0 Å². The lowest BCUT2D eigenvalue weighted by Crippen LogP contribution is -2.21. The summed E-state index contributed by atoms with van der Waals surface area (Å²) in [6.45, 7) is 2.26. The van der Waals surface area contributed by atoms with Gasteiger partial charge in [-0.2, -0.15) is 0 Å². The summed E-state index contributed by atoms with van der Waals surface area (Å²) in [7, 11) is 1.84. The molecular weight excluding hydrogens is 204 g/mol. The lowest BCUT2D eigenvalue weighted by Gasteiger charge is -2.17. The summed E-state index contributed by atoms with van der Waals surface area (Å²) >= 11 is 0. The molecule has 2 rings (SSSR count). The standard InChI is InChI=1S/C11H18N4O/c1-12-10-6-13-7-11(14-10)15-4-2-9(8-15)3-5-16/h6-7,9,16H,2-5,8H2,1H3,(H,12,14). The molecule has 2 heterocycles. The second-order valence-corrected chi connectivity index (χ2v) is 4.13. The highest BCUT2D eigenvalue weighted by atomic mass is 16.3. The Morgan fingerprint density at radius 3 is 3.19 bits per heavy atom. The highest BCUT2D eigenvalue weighted by Gasteiger charge is 2.23. The second-order valence-electron chi connectivity index (χ2n) is 4.13. The normalized spacial score (nSPS) is 20.1. The van der Waals surface area contributed by atoms with Gasteiger partial charge in [0, 0.05) is 26.7 Å². The van der Waals surface area contributed by atoms with Gasteiger partial charge < -0.3 is 15.3 Å². The second kappa shape index (κ2) is 5.12. The van der Waals surface area contributed by atoms with Gasteiger partial charge in [0.2, 0.25) is 0 Å². The maximum Gasteiger partial charge on any atom is 0.149 e. The zero-order valence-corrected chi connectivity index (χ0v) is 9.56. The Labute approximate surface area is 95.5 Å². The van der Waals surface area contributed by atoms with Crippen LogP contribution in [0.15, 0.2) is 12.4 Å². The molecule has 0 amide bonds. The third-order valence-electron chi connectivity index (χ3n) is 3.03. The number of nitrogens with zero attached hydrogens (tertiary/aromatic N) is 3. The van der Waals surface area contributed by atoms with Gasteiger partial charge >= 0.3 is 0 Å². The zero-order chi connectivity index (χ0) is 11.4. The van der Waals surface area contributed by atoms with Gasteiger partial charge in [-0.1, -0.05) is 0 Å². The van der Waals surface area contributed by atoms with E-state index in [1.807, 2.05) is 7.05 Å². The van der Waals surface area contributed by atoms with Crippen molar-refractivity contribution in [3.8, 4) is 0 Å². The Morgan fingerprint density at radius 2 is 2.44 bits per heavy atom. The van der Waals surface area contributed by atoms with E-state index in [1.54, 1.807) is 12.4 Å². The Hall–Kier alpha value is -1.36. The third kappa shape index (κ3) is 2.41. The number of nitrogens with one attached hydrogen (secondary N) is 1. The number of rotatable bonds is 4. The molecule has 0 spiro atoms. The molecule has 16 heavy (non-hydrogen) atoms. The lowest BCUT2D eigenvalue weighted by atomic mass is 10.1. The zero-order valence-electron chi connectivity index (χ0n) is 9.56. The van der Waals surface area contributed by atoms with Gasteiger partial charge in [0.1, 0.15) is 11.6 Å². The van der Waals surface area contributed by atoms with Gasteiger partial charge in [0.25, 0.3) is 0 Å². The molecule has 1 saturated heterocycles. The van der Waals surface area contributed by atoms with E-state index in [2.05, 4.69) is 20.2 Å². The Morgan fingerprint density at radius 1 is 1.56 bits per heavy atom. The Balaban J connectivity index is 2.02. The van der Waals surface area contributed by atoms with Crippen LogP contribution in [0.5, 0.6) is 0 Å². The summed E-state index contributed by atoms with van der Waals surface area (Å²) in [6.07, 6.45) is 5.52. The van der Waals surface area contributed by atoms with Crippen LogP contribution in [0.25, 0.3) is 0 Å². The van der Waals surface area contributed by atoms with Crippen LogP contribution in [0.3, 0.4) is 0 Å². The number of aliphatic hydroxyl groups is 1. The highest BCUT2D eigenvalue weighted by Crippen LogP contribution is 2.24. The number of aliphatic hydroxyl groups excluding tert-OH is 1. The summed E-state index contributed by atoms with van der Waals surface area (Å²) in [4.78, 5) is 10.8. The quantitative estimate of drug-likeness (QED) is 0.786. The van der Waals surface area contributed by atoms with Crippen molar-refractivity contribution in [3.63, 3.8) is 0 Å². The van der Waals surface area contributed by atoms with Crippen LogP contribution < -0.4 is 10.2 Å². The first-order valence-corrected chi connectivity index (χ1v) is 5.69. The molecule has 5 heteroatoms. The van der Waals surface area contributed by atoms with Crippen molar-refractivity contribution < 1.29 is 5.11 Å². The molecule has 1 aliphatic rings. The molecule has 1 fully saturated rings. The van der Waals surface area contributed by atoms with Gasteiger partial charge in [-0.25, -0.2) is 4.98 Å². The van der Waals surface area contributed by atoms with E-state index >= 15 is 0 Å². The molecular formula is C11H18N4O. The molecule has 0 bridgehead atoms. The van der Waals surface area contributed by atoms with Crippen LogP contribution in [0, 0.1) is 5.92 Å². The van der Waals surface area contributed by atoms with Gasteiger partial charge in [-0.05, 0) is 18.8 Å². The Kier molecular flexibility index (Phi) is 3.56. The van der Waals surface area contributed by atoms with E-state index in [4.69, 9.17) is 5.11 Å². The van der Waals surface area contributed by atoms with Crippen molar-refractivity contribution in [2.24, 2.45) is 5.92 Å². The predicted octanol–water partition coefficient (Wildman–Crippen LogP) is 0.727. The summed E-state index contributed by atoms with van der Waals surface area (Å²) in [5.74, 6) is 2.31. The lowest BCUT2D eigenvalue weighted by molar-refractivity contribution is 0.263. The van der Waals surface area contributed by atoms with Crippen LogP contribution in [0.2, 0.25) is 0 Å². The fraction of sp³-hybridized carbons (Fsp3) is 0.636. The van der Waals surface area contributed by atoms with Crippen molar-refractivity contribution in [2.45, 2.75) is 12.8 Å². The van der Waals surface area contributed by atoms with Gasteiger partial charge in [0.05, 0.1) is 12.4 Å². The van der Waals surface area contributed by atoms with Crippen molar-refractivity contribution in [1.29, 1.82) is 0 Å². The fourth-order valence-electron chi connectivity index (χ4n) is 2.09. The predicted molar refractivity (Wildman–Crippen MR) is 63.6 cm³/mol. The molecule has 1 aliphatic heterocycles. The van der Waals surface area contributed by atoms with Crippen molar-refractivity contribution in [2.75, 3.05) is 37.0 Å². The maximum atomic E-state index is 8.91. The molecule has 5 nitrogen and oxygen atoms in total. The van der Waals surface area contributed by atoms with E-state index in [9.17, 15) is 0 Å². The summed E-state index contributed by atoms with van der Waals surface area (Å²) in [5, 5.41) is 11.9. The molecule has 2 N–H and O–H groups in total. The van der Waals surface area contributed by atoms with Gasteiger partial charge in [-0.3, -0.25) is 4.98 Å². The topological polar surface area (TPSA) is 61.3 Å². The number of anilines is 2. The summed E-state index contributed by atoms with van der Waals surface area (Å²) < 4.78 is 0. The molecule has 0 aromatic carbocycles. The summed E-state index contributed by atoms with van der Waals surface area (Å²) in [6, 6.07) is 0. The minimum absolute atomic E-state index is 0.279. The third-order valence-corrected chi connectivity index (χ3v) is 3.03. The molecule has 1 aromatic heterocycles. The van der Waals surface area contributed by atoms with Crippen LogP contribution in [-0.2, 0) is 0 Å². The fourth-order valence-corrected chi connectivity index (χ4v) is 2.09. The van der Waals surface area contributed by atoms with Crippen molar-refractivity contribution >= 4 is 11.6 Å². The number of hydrogen-bond donors (Lipinski definition) is 2. The van der Waals surface area contributed by atoms with Gasteiger partial charge in [-0.15, -0.1) is 0 Å². The maximum absolute atomic E-state index is 8.91. The molecule has 88 valence electrons. The average molecular weight is 222 g/mol. The first kappa shape index (κ1) is 11.1. The Bertz CT molecular complexity index is 345. The average Bonchev–Trinajstić information content (AvgIpc) is 2.78. The minimum Gasteiger partial charge on any atom is -0.396 e. The largest absolute Gasteiger partial charge is 0.396 e. The van der Waals surface area contributed by atoms with E-state index in [1.165, 1.54) is 0 Å². The molecule has 1 aromatic rings. The first-order chi connectivity index (χ1) is 7.83. The highest BCUT2D eigenvalue weighted by molar-refractivity contribution is 5.44.